The van der Waals surface area contributed by atoms with Crippen molar-refractivity contribution in [1.29, 1.82) is 0 Å². The number of nitrogens with zero attached hydrogens (tertiary/aromatic N) is 1. The summed E-state index contributed by atoms with van der Waals surface area (Å²) in [6.45, 7) is 1.60. The molecule has 1 saturated carbocycles. The van der Waals surface area contributed by atoms with Gasteiger partial charge in [-0.25, -0.2) is 0 Å². The number of nitrogens with two attached hydrogens (primary N) is 1. The number of hydrogen-bond donors (Lipinski definition) is 2. The van der Waals surface area contributed by atoms with Crippen LogP contribution in [0.5, 0.6) is 0 Å². The van der Waals surface area contributed by atoms with Crippen LogP contribution in [0.25, 0.3) is 0 Å². The maximum absolute atomic E-state index is 11.8. The average molecular weight is 213 g/mol. The van der Waals surface area contributed by atoms with Crippen LogP contribution in [-0.2, 0) is 4.79 Å². The molecule has 0 aromatic heterocycles. The number of nitrogens with one attached hydrogen (secondary N) is 1. The number of hydrogen-bond acceptors (Lipinski definition) is 3. The number of carbonyl (C=O) groups excluding carboxylic acids is 1. The zero-order chi connectivity index (χ0) is 11.3. The summed E-state index contributed by atoms with van der Waals surface area (Å²) < 4.78 is 0. The SMILES string of the molecule is CN(C)CCNC(=O)[C@@H]1CCCC[C@@H]1N. The van der Waals surface area contributed by atoms with Gasteiger partial charge in [-0.2, -0.15) is 0 Å². The van der Waals surface area contributed by atoms with Crippen molar-refractivity contribution in [3.63, 3.8) is 0 Å². The highest BCUT2D eigenvalue weighted by atomic mass is 16.1. The van der Waals surface area contributed by atoms with Gasteiger partial charge in [0.05, 0.1) is 5.92 Å². The highest BCUT2D eigenvalue weighted by molar-refractivity contribution is 5.79. The van der Waals surface area contributed by atoms with Crippen molar-refractivity contribution >= 4 is 5.91 Å². The molecule has 4 nitrogen and oxygen atoms in total. The number of rotatable bonds is 4. The van der Waals surface area contributed by atoms with Crippen LogP contribution in [0.3, 0.4) is 0 Å². The third-order valence-corrected chi connectivity index (χ3v) is 3.01. The van der Waals surface area contributed by atoms with E-state index in [1.165, 1.54) is 6.42 Å². The lowest BCUT2D eigenvalue weighted by molar-refractivity contribution is -0.126. The molecule has 0 aromatic carbocycles. The molecule has 1 rings (SSSR count). The smallest absolute Gasteiger partial charge is 0.224 e. The Hall–Kier alpha value is -0.610. The summed E-state index contributed by atoms with van der Waals surface area (Å²) in [7, 11) is 4.00. The van der Waals surface area contributed by atoms with Gasteiger partial charge in [0.2, 0.25) is 5.91 Å². The number of likely N-dealkylation sites (N-methyl/N-ethyl adjacent to an activating group) is 1. The van der Waals surface area contributed by atoms with Crippen molar-refractivity contribution in [2.45, 2.75) is 31.7 Å². The normalized spacial score (nSPS) is 26.7. The highest BCUT2D eigenvalue weighted by Crippen LogP contribution is 2.22. The molecule has 15 heavy (non-hydrogen) atoms. The molecular weight excluding hydrogens is 190 g/mol. The Morgan fingerprint density at radius 2 is 2.07 bits per heavy atom. The van der Waals surface area contributed by atoms with E-state index in [2.05, 4.69) is 10.2 Å². The van der Waals surface area contributed by atoms with Crippen molar-refractivity contribution in [3.05, 3.63) is 0 Å². The molecule has 88 valence electrons. The average Bonchev–Trinajstić information content (AvgIpc) is 2.17. The fourth-order valence-electron chi connectivity index (χ4n) is 2.02. The third kappa shape index (κ3) is 4.18. The molecule has 1 aliphatic carbocycles. The summed E-state index contributed by atoms with van der Waals surface area (Å²) >= 11 is 0. The van der Waals surface area contributed by atoms with Crippen molar-refractivity contribution < 1.29 is 4.79 Å². The first-order valence-electron chi connectivity index (χ1n) is 5.79. The maximum atomic E-state index is 11.8. The van der Waals surface area contributed by atoms with Crippen LogP contribution in [0, 0.1) is 5.92 Å². The molecule has 4 heteroatoms. The lowest BCUT2D eigenvalue weighted by Gasteiger charge is -2.27. The standard InChI is InChI=1S/C11H23N3O/c1-14(2)8-7-13-11(15)9-5-3-4-6-10(9)12/h9-10H,3-8,12H2,1-2H3,(H,13,15)/t9-,10+/m1/s1. The molecule has 3 N–H and O–H groups in total. The van der Waals surface area contributed by atoms with E-state index in [1.807, 2.05) is 14.1 Å². The van der Waals surface area contributed by atoms with Gasteiger partial charge in [-0.1, -0.05) is 12.8 Å². The molecule has 0 unspecified atom stereocenters. The van der Waals surface area contributed by atoms with E-state index >= 15 is 0 Å². The highest BCUT2D eigenvalue weighted by Gasteiger charge is 2.27. The van der Waals surface area contributed by atoms with E-state index in [0.29, 0.717) is 0 Å². The van der Waals surface area contributed by atoms with Crippen LogP contribution in [-0.4, -0.2) is 44.0 Å². The summed E-state index contributed by atoms with van der Waals surface area (Å²) in [5.41, 5.74) is 5.94. The van der Waals surface area contributed by atoms with Crippen molar-refractivity contribution in [3.8, 4) is 0 Å². The van der Waals surface area contributed by atoms with Gasteiger partial charge in [-0.05, 0) is 26.9 Å². The predicted molar refractivity (Wildman–Crippen MR) is 61.5 cm³/mol. The third-order valence-electron chi connectivity index (χ3n) is 3.01. The predicted octanol–water partition coefficient (Wildman–Crippen LogP) is 0.182. The molecule has 0 saturated heterocycles. The van der Waals surface area contributed by atoms with Crippen molar-refractivity contribution in [1.82, 2.24) is 10.2 Å². The summed E-state index contributed by atoms with van der Waals surface area (Å²) in [5, 5.41) is 2.95. The molecule has 0 aliphatic heterocycles. The Balaban J connectivity index is 2.26. The second-order valence-corrected chi connectivity index (χ2v) is 4.65. The molecule has 0 bridgehead atoms. The van der Waals surface area contributed by atoms with E-state index in [1.54, 1.807) is 0 Å². The Morgan fingerprint density at radius 3 is 2.67 bits per heavy atom. The van der Waals surface area contributed by atoms with Crippen molar-refractivity contribution in [2.75, 3.05) is 27.2 Å². The van der Waals surface area contributed by atoms with E-state index in [-0.39, 0.29) is 17.9 Å². The minimum atomic E-state index is 0.0425. The first-order chi connectivity index (χ1) is 7.11. The molecule has 0 spiro atoms. The topological polar surface area (TPSA) is 58.4 Å². The van der Waals surface area contributed by atoms with Gasteiger partial charge in [0, 0.05) is 19.1 Å². The Labute approximate surface area is 92.2 Å². The van der Waals surface area contributed by atoms with Gasteiger partial charge in [0.15, 0.2) is 0 Å². The van der Waals surface area contributed by atoms with Gasteiger partial charge >= 0.3 is 0 Å². The minimum Gasteiger partial charge on any atom is -0.355 e. The number of amides is 1. The first-order valence-corrected chi connectivity index (χ1v) is 5.79. The summed E-state index contributed by atoms with van der Waals surface area (Å²) in [5.74, 6) is 0.185. The molecular formula is C11H23N3O. The Morgan fingerprint density at radius 1 is 1.40 bits per heavy atom. The van der Waals surface area contributed by atoms with E-state index in [9.17, 15) is 4.79 Å². The fraction of sp³-hybridized carbons (Fsp3) is 0.909. The molecule has 0 radical (unpaired) electrons. The van der Waals surface area contributed by atoms with E-state index in [0.717, 1.165) is 32.4 Å². The van der Waals surface area contributed by atoms with Gasteiger partial charge in [-0.3, -0.25) is 4.79 Å². The number of carbonyl (C=O) groups is 1. The quantitative estimate of drug-likeness (QED) is 0.700. The van der Waals surface area contributed by atoms with Crippen LogP contribution in [0.4, 0.5) is 0 Å². The fourth-order valence-corrected chi connectivity index (χ4v) is 2.02. The lowest BCUT2D eigenvalue weighted by atomic mass is 9.84. The van der Waals surface area contributed by atoms with Crippen LogP contribution in [0.15, 0.2) is 0 Å². The van der Waals surface area contributed by atoms with Crippen LogP contribution in [0.2, 0.25) is 0 Å². The van der Waals surface area contributed by atoms with E-state index in [4.69, 9.17) is 5.73 Å². The van der Waals surface area contributed by atoms with Crippen LogP contribution in [0.1, 0.15) is 25.7 Å². The second-order valence-electron chi connectivity index (χ2n) is 4.65. The molecule has 0 aromatic rings. The molecule has 0 heterocycles. The van der Waals surface area contributed by atoms with Crippen LogP contribution < -0.4 is 11.1 Å². The first kappa shape index (κ1) is 12.5. The lowest BCUT2D eigenvalue weighted by Crippen LogP contribution is -2.45. The van der Waals surface area contributed by atoms with Gasteiger partial charge in [-0.15, -0.1) is 0 Å². The monoisotopic (exact) mass is 213 g/mol. The zero-order valence-corrected chi connectivity index (χ0v) is 9.83. The zero-order valence-electron chi connectivity index (χ0n) is 9.83. The molecule has 1 aliphatic rings. The molecule has 2 atom stereocenters. The van der Waals surface area contributed by atoms with E-state index < -0.39 is 0 Å². The Bertz CT molecular complexity index is 206. The molecule has 1 amide bonds. The van der Waals surface area contributed by atoms with Gasteiger partial charge in [0.1, 0.15) is 0 Å². The Kier molecular flexibility index (Phi) is 5.05. The van der Waals surface area contributed by atoms with Gasteiger partial charge in [0.25, 0.3) is 0 Å². The van der Waals surface area contributed by atoms with Crippen LogP contribution >= 0.6 is 0 Å². The maximum Gasteiger partial charge on any atom is 0.224 e. The summed E-state index contributed by atoms with van der Waals surface area (Å²) in [4.78, 5) is 13.8. The second kappa shape index (κ2) is 6.08. The summed E-state index contributed by atoms with van der Waals surface area (Å²) in [6, 6.07) is 0.0677. The summed E-state index contributed by atoms with van der Waals surface area (Å²) in [6.07, 6.45) is 4.25. The minimum absolute atomic E-state index is 0.0425. The largest absolute Gasteiger partial charge is 0.355 e. The molecule has 1 fully saturated rings. The van der Waals surface area contributed by atoms with Gasteiger partial charge < -0.3 is 16.0 Å². The van der Waals surface area contributed by atoms with Crippen molar-refractivity contribution in [2.24, 2.45) is 11.7 Å².